The maximum Gasteiger partial charge on any atom is 0.198 e. The van der Waals surface area contributed by atoms with Gasteiger partial charge in [0.2, 0.25) is 0 Å². The predicted octanol–water partition coefficient (Wildman–Crippen LogP) is 2.65. The number of hydrogen-bond acceptors (Lipinski definition) is 3. The molecule has 18 heavy (non-hydrogen) atoms. The minimum absolute atomic E-state index is 0.00236. The summed E-state index contributed by atoms with van der Waals surface area (Å²) in [4.78, 5) is 12.2. The summed E-state index contributed by atoms with van der Waals surface area (Å²) in [6, 6.07) is 10.5. The zero-order valence-corrected chi connectivity index (χ0v) is 9.81. The first-order valence-electron chi connectivity index (χ1n) is 5.36. The summed E-state index contributed by atoms with van der Waals surface area (Å²) >= 11 is 0. The maximum atomic E-state index is 13.5. The number of rotatable bonds is 3. The van der Waals surface area contributed by atoms with E-state index in [1.165, 1.54) is 31.4 Å². The molecule has 0 fully saturated rings. The first kappa shape index (κ1) is 12.1. The van der Waals surface area contributed by atoms with E-state index in [4.69, 9.17) is 10.5 Å². The van der Waals surface area contributed by atoms with Crippen LogP contribution in [0, 0.1) is 5.82 Å². The summed E-state index contributed by atoms with van der Waals surface area (Å²) in [6.07, 6.45) is 0. The molecular formula is C14H12FNO2. The molecule has 0 saturated carbocycles. The number of methoxy groups -OCH3 is 1. The fourth-order valence-electron chi connectivity index (χ4n) is 1.65. The second-order valence-corrected chi connectivity index (χ2v) is 3.76. The molecule has 2 aromatic carbocycles. The van der Waals surface area contributed by atoms with Gasteiger partial charge in [0.25, 0.3) is 0 Å². The minimum Gasteiger partial charge on any atom is -0.497 e. The van der Waals surface area contributed by atoms with Gasteiger partial charge in [-0.15, -0.1) is 0 Å². The summed E-state index contributed by atoms with van der Waals surface area (Å²) in [5, 5.41) is 0. The largest absolute Gasteiger partial charge is 0.497 e. The number of ketones is 1. The third-order valence-corrected chi connectivity index (χ3v) is 2.62. The number of carbonyl (C=O) groups excluding carboxylic acids is 1. The predicted molar refractivity (Wildman–Crippen MR) is 67.2 cm³/mol. The maximum absolute atomic E-state index is 13.5. The van der Waals surface area contributed by atoms with E-state index in [9.17, 15) is 9.18 Å². The van der Waals surface area contributed by atoms with E-state index in [0.29, 0.717) is 11.4 Å². The number of halogens is 1. The molecule has 2 aromatic rings. The Bertz CT molecular complexity index is 596. The summed E-state index contributed by atoms with van der Waals surface area (Å²) in [5.74, 6) is -0.516. The molecule has 0 unspecified atom stereocenters. The van der Waals surface area contributed by atoms with E-state index < -0.39 is 11.6 Å². The van der Waals surface area contributed by atoms with Crippen molar-refractivity contribution < 1.29 is 13.9 Å². The van der Waals surface area contributed by atoms with Crippen molar-refractivity contribution in [3.8, 4) is 5.75 Å². The van der Waals surface area contributed by atoms with E-state index >= 15 is 0 Å². The SMILES string of the molecule is COc1ccc(N)c(C(=O)c2ccccc2F)c1. The third kappa shape index (κ3) is 2.18. The molecule has 0 aliphatic rings. The molecule has 2 N–H and O–H groups in total. The van der Waals surface area contributed by atoms with Crippen molar-refractivity contribution in [1.29, 1.82) is 0 Å². The molecule has 0 radical (unpaired) electrons. The topological polar surface area (TPSA) is 52.3 Å². The van der Waals surface area contributed by atoms with Crippen LogP contribution in [0.5, 0.6) is 5.75 Å². The van der Waals surface area contributed by atoms with Crippen molar-refractivity contribution in [2.45, 2.75) is 0 Å². The van der Waals surface area contributed by atoms with Crippen LogP contribution in [0.25, 0.3) is 0 Å². The van der Waals surface area contributed by atoms with Gasteiger partial charge in [0.1, 0.15) is 11.6 Å². The number of nitrogen functional groups attached to an aromatic ring is 1. The van der Waals surface area contributed by atoms with Crippen LogP contribution in [0.2, 0.25) is 0 Å². The fraction of sp³-hybridized carbons (Fsp3) is 0.0714. The summed E-state index contributed by atoms with van der Waals surface area (Å²) in [5.41, 5.74) is 6.26. The van der Waals surface area contributed by atoms with E-state index in [0.717, 1.165) is 0 Å². The average molecular weight is 245 g/mol. The Morgan fingerprint density at radius 2 is 1.89 bits per heavy atom. The second kappa shape index (κ2) is 4.87. The van der Waals surface area contributed by atoms with Crippen molar-refractivity contribution in [2.24, 2.45) is 0 Å². The number of anilines is 1. The van der Waals surface area contributed by atoms with Gasteiger partial charge in [0.05, 0.1) is 12.7 Å². The first-order valence-corrected chi connectivity index (χ1v) is 5.36. The molecule has 0 bridgehead atoms. The Morgan fingerprint density at radius 3 is 2.56 bits per heavy atom. The molecule has 0 aliphatic heterocycles. The molecule has 0 heterocycles. The first-order chi connectivity index (χ1) is 8.63. The molecule has 0 aromatic heterocycles. The van der Waals surface area contributed by atoms with Crippen LogP contribution >= 0.6 is 0 Å². The number of benzene rings is 2. The Hall–Kier alpha value is -2.36. The van der Waals surface area contributed by atoms with Crippen LogP contribution in [0.1, 0.15) is 15.9 Å². The highest BCUT2D eigenvalue weighted by Crippen LogP contribution is 2.23. The monoisotopic (exact) mass is 245 g/mol. The van der Waals surface area contributed by atoms with Crippen molar-refractivity contribution in [3.05, 3.63) is 59.4 Å². The molecule has 3 nitrogen and oxygen atoms in total. The molecule has 0 aliphatic carbocycles. The number of hydrogen-bond donors (Lipinski definition) is 1. The quantitative estimate of drug-likeness (QED) is 0.668. The Balaban J connectivity index is 2.49. The van der Waals surface area contributed by atoms with Gasteiger partial charge in [-0.3, -0.25) is 4.79 Å². The van der Waals surface area contributed by atoms with Gasteiger partial charge in [-0.1, -0.05) is 12.1 Å². The summed E-state index contributed by atoms with van der Waals surface area (Å²) in [6.45, 7) is 0. The fourth-order valence-corrected chi connectivity index (χ4v) is 1.65. The van der Waals surface area contributed by atoms with Gasteiger partial charge < -0.3 is 10.5 Å². The van der Waals surface area contributed by atoms with Crippen LogP contribution in [-0.2, 0) is 0 Å². The number of nitrogens with two attached hydrogens (primary N) is 1. The van der Waals surface area contributed by atoms with Crippen LogP contribution in [0.15, 0.2) is 42.5 Å². The van der Waals surface area contributed by atoms with Gasteiger partial charge in [-0.2, -0.15) is 0 Å². The van der Waals surface area contributed by atoms with Gasteiger partial charge in [-0.05, 0) is 30.3 Å². The normalized spacial score (nSPS) is 10.1. The molecule has 4 heteroatoms. The van der Waals surface area contributed by atoms with Crippen molar-refractivity contribution in [3.63, 3.8) is 0 Å². The lowest BCUT2D eigenvalue weighted by Crippen LogP contribution is -2.07. The van der Waals surface area contributed by atoms with Gasteiger partial charge in [0, 0.05) is 11.3 Å². The lowest BCUT2D eigenvalue weighted by Gasteiger charge is -2.08. The lowest BCUT2D eigenvalue weighted by atomic mass is 10.0. The van der Waals surface area contributed by atoms with E-state index in [-0.39, 0.29) is 11.1 Å². The number of carbonyl (C=O) groups is 1. The minimum atomic E-state index is -0.565. The average Bonchev–Trinajstić information content (AvgIpc) is 2.39. The summed E-state index contributed by atoms with van der Waals surface area (Å²) in [7, 11) is 1.49. The highest BCUT2D eigenvalue weighted by molar-refractivity contribution is 6.12. The third-order valence-electron chi connectivity index (χ3n) is 2.62. The van der Waals surface area contributed by atoms with Gasteiger partial charge in [-0.25, -0.2) is 4.39 Å². The molecule has 0 amide bonds. The molecule has 2 rings (SSSR count). The summed E-state index contributed by atoms with van der Waals surface area (Å²) < 4.78 is 18.6. The Labute approximate surface area is 104 Å². The highest BCUT2D eigenvalue weighted by Gasteiger charge is 2.16. The Morgan fingerprint density at radius 1 is 1.17 bits per heavy atom. The molecule has 0 spiro atoms. The highest BCUT2D eigenvalue weighted by atomic mass is 19.1. The number of ether oxygens (including phenoxy) is 1. The van der Waals surface area contributed by atoms with Crippen LogP contribution in [-0.4, -0.2) is 12.9 Å². The second-order valence-electron chi connectivity index (χ2n) is 3.76. The molecular weight excluding hydrogens is 233 g/mol. The van der Waals surface area contributed by atoms with Gasteiger partial charge >= 0.3 is 0 Å². The van der Waals surface area contributed by atoms with E-state index in [2.05, 4.69) is 0 Å². The lowest BCUT2D eigenvalue weighted by molar-refractivity contribution is 0.103. The van der Waals surface area contributed by atoms with Crippen LogP contribution in [0.4, 0.5) is 10.1 Å². The smallest absolute Gasteiger partial charge is 0.198 e. The molecule has 0 saturated heterocycles. The van der Waals surface area contributed by atoms with E-state index in [1.807, 2.05) is 0 Å². The van der Waals surface area contributed by atoms with Crippen molar-refractivity contribution in [2.75, 3.05) is 12.8 Å². The van der Waals surface area contributed by atoms with Crippen LogP contribution in [0.3, 0.4) is 0 Å². The van der Waals surface area contributed by atoms with Crippen molar-refractivity contribution >= 4 is 11.5 Å². The molecule has 0 atom stereocenters. The van der Waals surface area contributed by atoms with Crippen LogP contribution < -0.4 is 10.5 Å². The zero-order chi connectivity index (χ0) is 13.1. The molecule has 92 valence electrons. The standard InChI is InChI=1S/C14H12FNO2/c1-18-9-6-7-13(16)11(8-9)14(17)10-4-2-3-5-12(10)15/h2-8H,16H2,1H3. The van der Waals surface area contributed by atoms with Gasteiger partial charge in [0.15, 0.2) is 5.78 Å². The van der Waals surface area contributed by atoms with Crippen molar-refractivity contribution in [1.82, 2.24) is 0 Å². The Kier molecular flexibility index (Phi) is 3.28. The zero-order valence-electron chi connectivity index (χ0n) is 9.81. The van der Waals surface area contributed by atoms with E-state index in [1.54, 1.807) is 18.2 Å².